The van der Waals surface area contributed by atoms with E-state index in [4.69, 9.17) is 24.4 Å². The Morgan fingerprint density at radius 2 is 1.82 bits per heavy atom. The second kappa shape index (κ2) is 16.0. The van der Waals surface area contributed by atoms with Gasteiger partial charge in [0.05, 0.1) is 23.8 Å². The van der Waals surface area contributed by atoms with Crippen molar-refractivity contribution in [3.63, 3.8) is 0 Å². The molecule has 12 nitrogen and oxygen atoms in total. The van der Waals surface area contributed by atoms with E-state index in [-0.39, 0.29) is 52.7 Å². The first-order valence-corrected chi connectivity index (χ1v) is 14.6. The zero-order valence-electron chi connectivity index (χ0n) is 26.4. The molecule has 2 heterocycles. The van der Waals surface area contributed by atoms with Crippen molar-refractivity contribution >= 4 is 29.5 Å². The number of hydrogen-bond donors (Lipinski definition) is 3. The fraction of sp³-hybridized carbons (Fsp3) is 0.424. The molecule has 0 saturated carbocycles. The van der Waals surface area contributed by atoms with E-state index in [1.54, 1.807) is 19.3 Å². The van der Waals surface area contributed by atoms with Crippen LogP contribution in [-0.4, -0.2) is 62.0 Å². The summed E-state index contributed by atoms with van der Waals surface area (Å²) in [4.78, 5) is 64.6. The Balaban J connectivity index is 2.05. The highest BCUT2D eigenvalue weighted by Gasteiger charge is 2.33. The molecule has 5 atom stereocenters. The molecule has 2 aliphatic rings. The van der Waals surface area contributed by atoms with E-state index in [1.807, 2.05) is 26.8 Å². The standard InChI is InChI=1S/C33H41N3O9/c1-18-13-21(4)30(45-33(34)41)26(43-6)10-7-9-20(3)31(39)35-24-17-25(37)28(36-32(40)27-11-8-12-44-27)23(29(24)38)16-19(2)15-22(14-18)42-5/h7-13,17-19,22,26,30H,14-16H2,1-6H3,(H2,34,41)(H,35,39)(H,36,40)/b10-7-,20-9+,21-13+/t18-,19-,22+,26-,30-/m0/s1. The molecule has 3 rings (SSSR count). The van der Waals surface area contributed by atoms with Crippen molar-refractivity contribution in [1.82, 2.24) is 10.6 Å². The third kappa shape index (κ3) is 9.47. The minimum absolute atomic E-state index is 0.0246. The van der Waals surface area contributed by atoms with E-state index in [0.29, 0.717) is 18.4 Å². The predicted octanol–water partition coefficient (Wildman–Crippen LogP) is 3.81. The zero-order valence-corrected chi connectivity index (χ0v) is 26.4. The molecule has 0 unspecified atom stereocenters. The Labute approximate surface area is 262 Å². The molecular weight excluding hydrogens is 582 g/mol. The van der Waals surface area contributed by atoms with E-state index < -0.39 is 41.7 Å². The van der Waals surface area contributed by atoms with Crippen molar-refractivity contribution in [2.75, 3.05) is 14.2 Å². The number of carbonyl (C=O) groups is 5. The summed E-state index contributed by atoms with van der Waals surface area (Å²) in [6.07, 6.45) is 7.40. The summed E-state index contributed by atoms with van der Waals surface area (Å²) in [7, 11) is 3.05. The molecular formula is C33H41N3O9. The van der Waals surface area contributed by atoms with Crippen LogP contribution in [0.25, 0.3) is 0 Å². The highest BCUT2D eigenvalue weighted by molar-refractivity contribution is 6.24. The van der Waals surface area contributed by atoms with Gasteiger partial charge < -0.3 is 35.0 Å². The number of carbonyl (C=O) groups excluding carboxylic acids is 5. The van der Waals surface area contributed by atoms with Crippen molar-refractivity contribution in [3.05, 3.63) is 82.6 Å². The van der Waals surface area contributed by atoms with Gasteiger partial charge in [-0.05, 0) is 62.7 Å². The van der Waals surface area contributed by atoms with E-state index >= 15 is 0 Å². The lowest BCUT2D eigenvalue weighted by atomic mass is 9.86. The van der Waals surface area contributed by atoms with Crippen LogP contribution in [-0.2, 0) is 28.6 Å². The number of furan rings is 1. The summed E-state index contributed by atoms with van der Waals surface area (Å²) in [5.41, 5.74) is 5.98. The first-order chi connectivity index (χ1) is 21.3. The van der Waals surface area contributed by atoms with E-state index in [9.17, 15) is 24.0 Å². The van der Waals surface area contributed by atoms with Gasteiger partial charge in [-0.2, -0.15) is 0 Å². The second-order valence-electron chi connectivity index (χ2n) is 11.3. The van der Waals surface area contributed by atoms with Crippen molar-refractivity contribution in [1.29, 1.82) is 0 Å². The Bertz CT molecular complexity index is 1450. The van der Waals surface area contributed by atoms with Gasteiger partial charge in [-0.25, -0.2) is 4.79 Å². The van der Waals surface area contributed by atoms with Gasteiger partial charge in [-0.1, -0.05) is 38.2 Å². The maximum atomic E-state index is 13.7. The third-order valence-corrected chi connectivity index (χ3v) is 7.57. The maximum Gasteiger partial charge on any atom is 0.405 e. The number of Topliss-reactive ketones (excluding diaryl/α,β-unsaturated/α-hetero) is 1. The molecule has 1 aliphatic heterocycles. The van der Waals surface area contributed by atoms with E-state index in [0.717, 1.165) is 6.08 Å². The fourth-order valence-electron chi connectivity index (χ4n) is 5.35. The largest absolute Gasteiger partial charge is 0.459 e. The lowest BCUT2D eigenvalue weighted by Gasteiger charge is -2.26. The molecule has 0 spiro atoms. The van der Waals surface area contributed by atoms with Crippen LogP contribution in [0.1, 0.15) is 57.5 Å². The van der Waals surface area contributed by atoms with Crippen LogP contribution in [0.2, 0.25) is 0 Å². The van der Waals surface area contributed by atoms with Gasteiger partial charge in [0.2, 0.25) is 11.6 Å². The molecule has 0 aromatic carbocycles. The summed E-state index contributed by atoms with van der Waals surface area (Å²) in [5, 5.41) is 5.07. The molecule has 1 aromatic heterocycles. The molecule has 0 fully saturated rings. The molecule has 3 amide bonds. The highest BCUT2D eigenvalue weighted by atomic mass is 16.6. The summed E-state index contributed by atoms with van der Waals surface area (Å²) < 4.78 is 21.9. The maximum absolute atomic E-state index is 13.7. The van der Waals surface area contributed by atoms with Crippen LogP contribution in [0, 0.1) is 11.8 Å². The number of nitrogens with two attached hydrogens (primary N) is 1. The number of amides is 3. The minimum Gasteiger partial charge on any atom is -0.459 e. The molecule has 1 aromatic rings. The van der Waals surface area contributed by atoms with Crippen LogP contribution >= 0.6 is 0 Å². The molecule has 1 aliphatic carbocycles. The van der Waals surface area contributed by atoms with Crippen molar-refractivity contribution in [3.8, 4) is 0 Å². The average molecular weight is 624 g/mol. The van der Waals surface area contributed by atoms with Gasteiger partial charge in [0.1, 0.15) is 6.10 Å². The van der Waals surface area contributed by atoms with Crippen LogP contribution in [0.4, 0.5) is 4.79 Å². The summed E-state index contributed by atoms with van der Waals surface area (Å²) in [6.45, 7) is 7.25. The molecule has 12 heteroatoms. The third-order valence-electron chi connectivity index (χ3n) is 7.57. The number of nitrogens with one attached hydrogen (secondary N) is 2. The van der Waals surface area contributed by atoms with Crippen molar-refractivity contribution in [2.45, 2.75) is 65.3 Å². The van der Waals surface area contributed by atoms with Gasteiger partial charge >= 0.3 is 6.09 Å². The number of methoxy groups -OCH3 is 2. The van der Waals surface area contributed by atoms with Crippen LogP contribution in [0.15, 0.2) is 81.3 Å². The quantitative estimate of drug-likeness (QED) is 0.325. The highest BCUT2D eigenvalue weighted by Crippen LogP contribution is 2.28. The molecule has 4 N–H and O–H groups in total. The number of ketones is 2. The predicted molar refractivity (Wildman–Crippen MR) is 164 cm³/mol. The SMILES string of the molecule is CO[C@H]1C[C@H](C)CC2=C(NC(=O)c3ccco3)C(=O)C=C(NC(=O)/C(C)=C/C=C\[C@H](OC)[C@@H](OC(N)=O)/C(C)=C/[C@H](C)C1)C2=O. The molecule has 45 heavy (non-hydrogen) atoms. The Morgan fingerprint density at radius 3 is 2.44 bits per heavy atom. The van der Waals surface area contributed by atoms with Gasteiger partial charge in [-0.3, -0.25) is 19.2 Å². The average Bonchev–Trinajstić information content (AvgIpc) is 3.53. The topological polar surface area (TPSA) is 176 Å². The van der Waals surface area contributed by atoms with Crippen molar-refractivity contribution in [2.24, 2.45) is 17.6 Å². The number of ether oxygens (including phenoxy) is 3. The first kappa shape index (κ1) is 34.9. The van der Waals surface area contributed by atoms with Gasteiger partial charge in [0, 0.05) is 31.4 Å². The van der Waals surface area contributed by atoms with Crippen LogP contribution in [0.3, 0.4) is 0 Å². The van der Waals surface area contributed by atoms with Crippen LogP contribution < -0.4 is 16.4 Å². The first-order valence-electron chi connectivity index (χ1n) is 14.6. The Morgan fingerprint density at radius 1 is 1.09 bits per heavy atom. The van der Waals surface area contributed by atoms with Gasteiger partial charge in [0.25, 0.3) is 11.8 Å². The molecule has 0 saturated heterocycles. The number of rotatable bonds is 5. The number of primary amides is 1. The summed E-state index contributed by atoms with van der Waals surface area (Å²) >= 11 is 0. The Hall–Kier alpha value is -4.55. The molecule has 242 valence electrons. The zero-order chi connectivity index (χ0) is 33.3. The number of fused-ring (bicyclic) bond motifs is 2. The summed E-state index contributed by atoms with van der Waals surface area (Å²) in [5.74, 6) is -2.76. The van der Waals surface area contributed by atoms with Gasteiger partial charge in [0.15, 0.2) is 11.9 Å². The van der Waals surface area contributed by atoms with E-state index in [2.05, 4.69) is 10.6 Å². The number of hydrogen-bond acceptors (Lipinski definition) is 9. The molecule has 0 radical (unpaired) electrons. The van der Waals surface area contributed by atoms with Crippen molar-refractivity contribution < 1.29 is 42.6 Å². The summed E-state index contributed by atoms with van der Waals surface area (Å²) in [6, 6.07) is 2.97. The van der Waals surface area contributed by atoms with E-state index in [1.165, 1.54) is 38.5 Å². The number of allylic oxidation sites excluding steroid dienone is 5. The monoisotopic (exact) mass is 623 g/mol. The smallest absolute Gasteiger partial charge is 0.405 e. The lowest BCUT2D eigenvalue weighted by molar-refractivity contribution is -0.120. The normalized spacial score (nSPS) is 28.6. The Kier molecular flexibility index (Phi) is 12.4. The fourth-order valence-corrected chi connectivity index (χ4v) is 5.35. The molecule has 2 bridgehead atoms. The second-order valence-corrected chi connectivity index (χ2v) is 11.3. The minimum atomic E-state index is -0.962. The van der Waals surface area contributed by atoms with Gasteiger partial charge in [-0.15, -0.1) is 0 Å². The van der Waals surface area contributed by atoms with Crippen LogP contribution in [0.5, 0.6) is 0 Å². The lowest BCUT2D eigenvalue weighted by Crippen LogP contribution is -2.37.